The van der Waals surface area contributed by atoms with Crippen LogP contribution in [0.2, 0.25) is 0 Å². The van der Waals surface area contributed by atoms with Crippen LogP contribution in [0.3, 0.4) is 0 Å². The van der Waals surface area contributed by atoms with Crippen molar-refractivity contribution in [3.8, 4) is 18.1 Å². The second-order valence-electron chi connectivity index (χ2n) is 5.43. The van der Waals surface area contributed by atoms with Gasteiger partial charge in [-0.05, 0) is 30.5 Å². The highest BCUT2D eigenvalue weighted by atomic mass is 16.5. The highest BCUT2D eigenvalue weighted by Gasteiger charge is 2.38. The first-order valence-electron chi connectivity index (χ1n) is 7.04. The van der Waals surface area contributed by atoms with E-state index >= 15 is 0 Å². The fourth-order valence-corrected chi connectivity index (χ4v) is 3.24. The Hall–Kier alpha value is -1.46. The summed E-state index contributed by atoms with van der Waals surface area (Å²) >= 11 is 0. The largest absolute Gasteiger partial charge is 0.497 e. The number of hydrogen-bond donors (Lipinski definition) is 0. The molecule has 0 amide bonds. The van der Waals surface area contributed by atoms with Crippen LogP contribution >= 0.6 is 0 Å². The molecule has 0 bridgehead atoms. The summed E-state index contributed by atoms with van der Waals surface area (Å²) in [5.41, 5.74) is 1.65. The van der Waals surface area contributed by atoms with Crippen molar-refractivity contribution in [2.24, 2.45) is 0 Å². The third-order valence-corrected chi connectivity index (χ3v) is 4.16. The van der Waals surface area contributed by atoms with Gasteiger partial charge in [0.1, 0.15) is 5.75 Å². The SMILES string of the molecule is C#CCN1CC[C@](CCC)(c2cccc(OC)c2)C1. The van der Waals surface area contributed by atoms with Crippen molar-refractivity contribution in [2.75, 3.05) is 26.7 Å². The maximum atomic E-state index is 5.44. The summed E-state index contributed by atoms with van der Waals surface area (Å²) in [5.74, 6) is 3.71. The van der Waals surface area contributed by atoms with Gasteiger partial charge in [0, 0.05) is 18.5 Å². The van der Waals surface area contributed by atoms with E-state index in [1.165, 1.54) is 24.8 Å². The number of likely N-dealkylation sites (tertiary alicyclic amines) is 1. The molecule has 0 spiro atoms. The van der Waals surface area contributed by atoms with Crippen molar-refractivity contribution in [1.29, 1.82) is 0 Å². The summed E-state index contributed by atoms with van der Waals surface area (Å²) < 4.78 is 5.37. The number of ether oxygens (including phenoxy) is 1. The van der Waals surface area contributed by atoms with E-state index in [0.717, 1.165) is 25.4 Å². The van der Waals surface area contributed by atoms with Crippen LogP contribution in [0.5, 0.6) is 5.75 Å². The van der Waals surface area contributed by atoms with Crippen molar-refractivity contribution in [1.82, 2.24) is 4.90 Å². The maximum absolute atomic E-state index is 5.44. The summed E-state index contributed by atoms with van der Waals surface area (Å²) in [6.45, 7) is 5.18. The van der Waals surface area contributed by atoms with Crippen molar-refractivity contribution in [2.45, 2.75) is 31.6 Å². The first kappa shape index (κ1) is 14.0. The number of rotatable bonds is 5. The van der Waals surface area contributed by atoms with E-state index in [1.807, 2.05) is 6.07 Å². The van der Waals surface area contributed by atoms with Gasteiger partial charge in [0.15, 0.2) is 0 Å². The molecule has 0 radical (unpaired) electrons. The lowest BCUT2D eigenvalue weighted by atomic mass is 9.76. The molecule has 1 fully saturated rings. The smallest absolute Gasteiger partial charge is 0.119 e. The second-order valence-corrected chi connectivity index (χ2v) is 5.43. The van der Waals surface area contributed by atoms with Gasteiger partial charge in [0.2, 0.25) is 0 Å². The normalized spacial score (nSPS) is 23.2. The average Bonchev–Trinajstić information content (AvgIpc) is 2.84. The highest BCUT2D eigenvalue weighted by Crippen LogP contribution is 2.39. The molecule has 2 rings (SSSR count). The zero-order valence-corrected chi connectivity index (χ0v) is 12.0. The zero-order chi connectivity index (χ0) is 13.7. The molecule has 2 heteroatoms. The molecule has 1 atom stereocenters. The van der Waals surface area contributed by atoms with Crippen LogP contribution in [0.15, 0.2) is 24.3 Å². The predicted octanol–water partition coefficient (Wildman–Crippen LogP) is 3.07. The van der Waals surface area contributed by atoms with Crippen molar-refractivity contribution >= 4 is 0 Å². The second kappa shape index (κ2) is 6.12. The van der Waals surface area contributed by atoms with Gasteiger partial charge in [-0.15, -0.1) is 6.42 Å². The molecule has 19 heavy (non-hydrogen) atoms. The number of hydrogen-bond acceptors (Lipinski definition) is 2. The van der Waals surface area contributed by atoms with Gasteiger partial charge >= 0.3 is 0 Å². The lowest BCUT2D eigenvalue weighted by molar-refractivity contribution is 0.329. The highest BCUT2D eigenvalue weighted by molar-refractivity contribution is 5.35. The van der Waals surface area contributed by atoms with E-state index in [-0.39, 0.29) is 5.41 Å². The van der Waals surface area contributed by atoms with Gasteiger partial charge in [-0.3, -0.25) is 4.90 Å². The molecule has 0 saturated carbocycles. The van der Waals surface area contributed by atoms with E-state index in [0.29, 0.717) is 0 Å². The first-order chi connectivity index (χ1) is 9.24. The number of nitrogens with zero attached hydrogens (tertiary/aromatic N) is 1. The standard InChI is InChI=1S/C17H23NO/c1-4-9-17(10-12-18(14-17)11-5-2)15-7-6-8-16(13-15)19-3/h2,6-8,13H,4,9-12,14H2,1,3H3/t17-/m0/s1. The molecule has 1 heterocycles. The van der Waals surface area contributed by atoms with E-state index in [2.05, 4.69) is 35.9 Å². The minimum absolute atomic E-state index is 0.250. The van der Waals surface area contributed by atoms with Gasteiger partial charge in [-0.25, -0.2) is 0 Å². The van der Waals surface area contributed by atoms with Crippen LogP contribution < -0.4 is 4.74 Å². The van der Waals surface area contributed by atoms with Crippen LogP contribution in [0.4, 0.5) is 0 Å². The Balaban J connectivity index is 2.27. The monoisotopic (exact) mass is 257 g/mol. The van der Waals surface area contributed by atoms with Gasteiger partial charge in [-0.1, -0.05) is 31.4 Å². The molecule has 1 aromatic rings. The van der Waals surface area contributed by atoms with Crippen molar-refractivity contribution in [3.63, 3.8) is 0 Å². The summed E-state index contributed by atoms with van der Waals surface area (Å²) in [4.78, 5) is 2.38. The number of methoxy groups -OCH3 is 1. The fraction of sp³-hybridized carbons (Fsp3) is 0.529. The molecule has 1 aromatic carbocycles. The maximum Gasteiger partial charge on any atom is 0.119 e. The van der Waals surface area contributed by atoms with Crippen molar-refractivity contribution in [3.05, 3.63) is 29.8 Å². The molecule has 1 aliphatic heterocycles. The van der Waals surface area contributed by atoms with Crippen molar-refractivity contribution < 1.29 is 4.74 Å². The molecular weight excluding hydrogens is 234 g/mol. The molecule has 102 valence electrons. The van der Waals surface area contributed by atoms with E-state index in [4.69, 9.17) is 11.2 Å². The molecule has 1 aliphatic rings. The van der Waals surface area contributed by atoms with Crippen LogP contribution in [0, 0.1) is 12.3 Å². The van der Waals surface area contributed by atoms with Crippen LogP contribution in [-0.2, 0) is 5.41 Å². The lowest BCUT2D eigenvalue weighted by Gasteiger charge is -2.30. The average molecular weight is 257 g/mol. The Morgan fingerprint density at radius 1 is 1.47 bits per heavy atom. The molecule has 0 aliphatic carbocycles. The van der Waals surface area contributed by atoms with Gasteiger partial charge in [0.05, 0.1) is 13.7 Å². The Labute approximate surface area is 116 Å². The molecule has 1 saturated heterocycles. The van der Waals surface area contributed by atoms with Gasteiger partial charge in [0.25, 0.3) is 0 Å². The third-order valence-electron chi connectivity index (χ3n) is 4.16. The van der Waals surface area contributed by atoms with Gasteiger partial charge in [-0.2, -0.15) is 0 Å². The zero-order valence-electron chi connectivity index (χ0n) is 12.0. The summed E-state index contributed by atoms with van der Waals surface area (Å²) in [6.07, 6.45) is 9.04. The summed E-state index contributed by atoms with van der Waals surface area (Å²) in [6, 6.07) is 8.53. The van der Waals surface area contributed by atoms with Gasteiger partial charge < -0.3 is 4.74 Å². The minimum Gasteiger partial charge on any atom is -0.497 e. The van der Waals surface area contributed by atoms with Crippen LogP contribution in [-0.4, -0.2) is 31.6 Å². The Kier molecular flexibility index (Phi) is 4.50. The Bertz CT molecular complexity index is 463. The van der Waals surface area contributed by atoms with E-state index in [9.17, 15) is 0 Å². The van der Waals surface area contributed by atoms with Crippen LogP contribution in [0.1, 0.15) is 31.7 Å². The minimum atomic E-state index is 0.250. The molecule has 0 N–H and O–H groups in total. The summed E-state index contributed by atoms with van der Waals surface area (Å²) in [7, 11) is 1.73. The molecular formula is C17H23NO. The quantitative estimate of drug-likeness (QED) is 0.752. The Morgan fingerprint density at radius 3 is 3.00 bits per heavy atom. The van der Waals surface area contributed by atoms with Crippen LogP contribution in [0.25, 0.3) is 0 Å². The molecule has 2 nitrogen and oxygen atoms in total. The number of benzene rings is 1. The topological polar surface area (TPSA) is 12.5 Å². The molecule has 0 aromatic heterocycles. The fourth-order valence-electron chi connectivity index (χ4n) is 3.24. The van der Waals surface area contributed by atoms with E-state index < -0.39 is 0 Å². The molecule has 0 unspecified atom stereocenters. The third kappa shape index (κ3) is 2.93. The Morgan fingerprint density at radius 2 is 2.32 bits per heavy atom. The summed E-state index contributed by atoms with van der Waals surface area (Å²) in [5, 5.41) is 0. The first-order valence-corrected chi connectivity index (χ1v) is 7.04. The lowest BCUT2D eigenvalue weighted by Crippen LogP contribution is -2.31. The predicted molar refractivity (Wildman–Crippen MR) is 79.5 cm³/mol. The van der Waals surface area contributed by atoms with E-state index in [1.54, 1.807) is 7.11 Å². The number of terminal acetylenes is 1.